The van der Waals surface area contributed by atoms with Crippen LogP contribution >= 0.6 is 15.9 Å². The molecule has 2 rings (SSSR count). The van der Waals surface area contributed by atoms with Crippen molar-refractivity contribution < 1.29 is 9.53 Å². The summed E-state index contributed by atoms with van der Waals surface area (Å²) in [6.07, 6.45) is 3.12. The van der Waals surface area contributed by atoms with E-state index >= 15 is 0 Å². The standard InChI is InChI=1S/C17H24BrNO2/c1-3-11-21-16-6-4-5-15(12-16)17(20)19-9-7-14(8-10-19)13(2)18/h4-6,12-14H,3,7-11H2,1-2H3. The number of carbonyl (C=O) groups is 1. The fraction of sp³-hybridized carbons (Fsp3) is 0.588. The average molecular weight is 354 g/mol. The summed E-state index contributed by atoms with van der Waals surface area (Å²) >= 11 is 3.65. The van der Waals surface area contributed by atoms with Gasteiger partial charge in [0.1, 0.15) is 5.75 Å². The highest BCUT2D eigenvalue weighted by Crippen LogP contribution is 2.26. The Morgan fingerprint density at radius 2 is 2.14 bits per heavy atom. The molecule has 1 aliphatic rings. The Morgan fingerprint density at radius 3 is 2.76 bits per heavy atom. The van der Waals surface area contributed by atoms with Gasteiger partial charge in [-0.3, -0.25) is 4.79 Å². The molecule has 0 radical (unpaired) electrons. The fourth-order valence-electron chi connectivity index (χ4n) is 2.68. The summed E-state index contributed by atoms with van der Waals surface area (Å²) in [7, 11) is 0. The van der Waals surface area contributed by atoms with Crippen LogP contribution in [0.4, 0.5) is 0 Å². The molecule has 0 aliphatic carbocycles. The molecular weight excluding hydrogens is 330 g/mol. The van der Waals surface area contributed by atoms with E-state index in [1.54, 1.807) is 0 Å². The van der Waals surface area contributed by atoms with Gasteiger partial charge in [-0.25, -0.2) is 0 Å². The van der Waals surface area contributed by atoms with Gasteiger partial charge in [0.2, 0.25) is 0 Å². The van der Waals surface area contributed by atoms with E-state index in [9.17, 15) is 4.79 Å². The third-order valence-electron chi connectivity index (χ3n) is 4.03. The number of likely N-dealkylation sites (tertiary alicyclic amines) is 1. The van der Waals surface area contributed by atoms with Crippen molar-refractivity contribution in [3.05, 3.63) is 29.8 Å². The zero-order chi connectivity index (χ0) is 15.2. The van der Waals surface area contributed by atoms with Gasteiger partial charge in [-0.05, 0) is 43.4 Å². The van der Waals surface area contributed by atoms with Crippen LogP contribution in [0.25, 0.3) is 0 Å². The molecule has 1 saturated heterocycles. The van der Waals surface area contributed by atoms with Crippen LogP contribution in [-0.4, -0.2) is 35.3 Å². The van der Waals surface area contributed by atoms with Gasteiger partial charge in [0, 0.05) is 23.5 Å². The van der Waals surface area contributed by atoms with Crippen LogP contribution in [0.3, 0.4) is 0 Å². The van der Waals surface area contributed by atoms with Crippen molar-refractivity contribution in [2.24, 2.45) is 5.92 Å². The van der Waals surface area contributed by atoms with Crippen molar-refractivity contribution in [1.82, 2.24) is 4.90 Å². The number of rotatable bonds is 5. The summed E-state index contributed by atoms with van der Waals surface area (Å²) in [6, 6.07) is 7.54. The molecule has 1 amide bonds. The largest absolute Gasteiger partial charge is 0.494 e. The number of alkyl halides is 1. The van der Waals surface area contributed by atoms with E-state index in [1.807, 2.05) is 29.2 Å². The minimum atomic E-state index is 0.123. The van der Waals surface area contributed by atoms with Crippen LogP contribution in [0.15, 0.2) is 24.3 Å². The van der Waals surface area contributed by atoms with Gasteiger partial charge in [-0.2, -0.15) is 0 Å². The summed E-state index contributed by atoms with van der Waals surface area (Å²) in [5.41, 5.74) is 0.731. The van der Waals surface area contributed by atoms with Crippen molar-refractivity contribution in [3.8, 4) is 5.75 Å². The summed E-state index contributed by atoms with van der Waals surface area (Å²) in [5, 5.41) is 0. The van der Waals surface area contributed by atoms with E-state index in [0.717, 1.165) is 43.7 Å². The molecule has 21 heavy (non-hydrogen) atoms. The van der Waals surface area contributed by atoms with Gasteiger partial charge in [-0.15, -0.1) is 0 Å². The Balaban J connectivity index is 1.97. The highest BCUT2D eigenvalue weighted by Gasteiger charge is 2.25. The predicted molar refractivity (Wildman–Crippen MR) is 89.2 cm³/mol. The Hall–Kier alpha value is -1.03. The maximum absolute atomic E-state index is 12.6. The maximum atomic E-state index is 12.6. The van der Waals surface area contributed by atoms with Gasteiger partial charge in [0.25, 0.3) is 5.91 Å². The van der Waals surface area contributed by atoms with Gasteiger partial charge in [-0.1, -0.05) is 35.8 Å². The van der Waals surface area contributed by atoms with Crippen LogP contribution in [0.2, 0.25) is 0 Å². The first-order valence-corrected chi connectivity index (χ1v) is 8.69. The van der Waals surface area contributed by atoms with Gasteiger partial charge in [0.05, 0.1) is 6.61 Å². The second-order valence-corrected chi connectivity index (χ2v) is 7.13. The monoisotopic (exact) mass is 353 g/mol. The molecule has 1 unspecified atom stereocenters. The molecular formula is C17H24BrNO2. The van der Waals surface area contributed by atoms with E-state index in [0.29, 0.717) is 17.4 Å². The van der Waals surface area contributed by atoms with Gasteiger partial charge >= 0.3 is 0 Å². The Morgan fingerprint density at radius 1 is 1.43 bits per heavy atom. The molecule has 1 aromatic carbocycles. The molecule has 0 spiro atoms. The van der Waals surface area contributed by atoms with E-state index in [4.69, 9.17) is 4.74 Å². The molecule has 1 atom stereocenters. The lowest BCUT2D eigenvalue weighted by molar-refractivity contribution is 0.0691. The highest BCUT2D eigenvalue weighted by molar-refractivity contribution is 9.09. The third kappa shape index (κ3) is 4.47. The van der Waals surface area contributed by atoms with Crippen molar-refractivity contribution in [3.63, 3.8) is 0 Å². The van der Waals surface area contributed by atoms with Crippen LogP contribution in [0, 0.1) is 5.92 Å². The molecule has 4 heteroatoms. The fourth-order valence-corrected chi connectivity index (χ4v) is 3.21. The number of piperidine rings is 1. The summed E-state index contributed by atoms with van der Waals surface area (Å²) in [4.78, 5) is 15.1. The minimum Gasteiger partial charge on any atom is -0.494 e. The average Bonchev–Trinajstić information content (AvgIpc) is 2.52. The highest BCUT2D eigenvalue weighted by atomic mass is 79.9. The number of ether oxygens (including phenoxy) is 1. The topological polar surface area (TPSA) is 29.5 Å². The lowest BCUT2D eigenvalue weighted by Gasteiger charge is -2.33. The van der Waals surface area contributed by atoms with E-state index in [2.05, 4.69) is 29.8 Å². The Labute approximate surface area is 135 Å². The number of amides is 1. The van der Waals surface area contributed by atoms with E-state index in [1.165, 1.54) is 0 Å². The first-order chi connectivity index (χ1) is 10.1. The van der Waals surface area contributed by atoms with Crippen molar-refractivity contribution in [2.75, 3.05) is 19.7 Å². The predicted octanol–water partition coefficient (Wildman–Crippen LogP) is 4.11. The smallest absolute Gasteiger partial charge is 0.253 e. The normalized spacial score (nSPS) is 17.6. The van der Waals surface area contributed by atoms with Crippen LogP contribution in [0.5, 0.6) is 5.75 Å². The zero-order valence-corrected chi connectivity index (χ0v) is 14.4. The molecule has 1 fully saturated rings. The first-order valence-electron chi connectivity index (χ1n) is 7.78. The van der Waals surface area contributed by atoms with Crippen molar-refractivity contribution in [2.45, 2.75) is 37.9 Å². The second-order valence-electron chi connectivity index (χ2n) is 5.68. The van der Waals surface area contributed by atoms with E-state index in [-0.39, 0.29) is 5.91 Å². The number of hydrogen-bond donors (Lipinski definition) is 0. The molecule has 116 valence electrons. The summed E-state index contributed by atoms with van der Waals surface area (Å²) in [6.45, 7) is 6.64. The number of halogens is 1. The van der Waals surface area contributed by atoms with Crippen LogP contribution in [-0.2, 0) is 0 Å². The maximum Gasteiger partial charge on any atom is 0.253 e. The van der Waals surface area contributed by atoms with Gasteiger partial charge < -0.3 is 9.64 Å². The number of carbonyl (C=O) groups excluding carboxylic acids is 1. The summed E-state index contributed by atoms with van der Waals surface area (Å²) in [5.74, 6) is 1.58. The lowest BCUT2D eigenvalue weighted by atomic mass is 9.94. The SMILES string of the molecule is CCCOc1cccc(C(=O)N2CCC(C(C)Br)CC2)c1. The van der Waals surface area contributed by atoms with Gasteiger partial charge in [0.15, 0.2) is 0 Å². The molecule has 3 nitrogen and oxygen atoms in total. The van der Waals surface area contributed by atoms with Crippen LogP contribution in [0.1, 0.15) is 43.5 Å². The number of benzene rings is 1. The first kappa shape index (κ1) is 16.3. The Kier molecular flexibility index (Phi) is 6.09. The quantitative estimate of drug-likeness (QED) is 0.745. The van der Waals surface area contributed by atoms with Crippen LogP contribution < -0.4 is 4.74 Å². The molecule has 1 aromatic rings. The van der Waals surface area contributed by atoms with E-state index < -0.39 is 0 Å². The number of nitrogens with zero attached hydrogens (tertiary/aromatic N) is 1. The molecule has 1 heterocycles. The third-order valence-corrected chi connectivity index (χ3v) is 4.78. The zero-order valence-electron chi connectivity index (χ0n) is 12.8. The molecule has 0 aromatic heterocycles. The molecule has 0 N–H and O–H groups in total. The molecule has 0 saturated carbocycles. The number of hydrogen-bond acceptors (Lipinski definition) is 2. The minimum absolute atomic E-state index is 0.123. The molecule has 0 bridgehead atoms. The molecule has 1 aliphatic heterocycles. The summed E-state index contributed by atoms with van der Waals surface area (Å²) < 4.78 is 5.60. The Bertz CT molecular complexity index is 468. The lowest BCUT2D eigenvalue weighted by Crippen LogP contribution is -2.39. The van der Waals surface area contributed by atoms with Crippen molar-refractivity contribution >= 4 is 21.8 Å². The van der Waals surface area contributed by atoms with Crippen molar-refractivity contribution in [1.29, 1.82) is 0 Å². The second kappa shape index (κ2) is 7.83.